The summed E-state index contributed by atoms with van der Waals surface area (Å²) in [5, 5.41) is 3.15. The van der Waals surface area contributed by atoms with Crippen LogP contribution < -0.4 is 5.32 Å². The molecule has 0 aromatic heterocycles. The Balaban J connectivity index is 1.45. The fourth-order valence-electron chi connectivity index (χ4n) is 4.31. The van der Waals surface area contributed by atoms with E-state index in [0.29, 0.717) is 13.0 Å². The van der Waals surface area contributed by atoms with Crippen molar-refractivity contribution in [1.82, 2.24) is 15.1 Å². The van der Waals surface area contributed by atoms with Crippen molar-refractivity contribution < 1.29 is 4.79 Å². The Kier molecular flexibility index (Phi) is 7.51. The van der Waals surface area contributed by atoms with Gasteiger partial charge in [0.15, 0.2) is 0 Å². The minimum absolute atomic E-state index is 0.211. The van der Waals surface area contributed by atoms with E-state index in [4.69, 9.17) is 0 Å². The van der Waals surface area contributed by atoms with E-state index in [-0.39, 0.29) is 5.91 Å². The quantitative estimate of drug-likeness (QED) is 0.774. The predicted octanol–water partition coefficient (Wildman–Crippen LogP) is 3.41. The van der Waals surface area contributed by atoms with Gasteiger partial charge in [0.25, 0.3) is 0 Å². The molecule has 1 aromatic rings. The second-order valence-electron chi connectivity index (χ2n) is 7.95. The number of hydrogen-bond acceptors (Lipinski definition) is 3. The van der Waals surface area contributed by atoms with Gasteiger partial charge in [-0.2, -0.15) is 0 Å². The zero-order valence-electron chi connectivity index (χ0n) is 16.4. The average Bonchev–Trinajstić information content (AvgIpc) is 3.20. The van der Waals surface area contributed by atoms with Crippen LogP contribution in [-0.2, 0) is 17.9 Å². The van der Waals surface area contributed by atoms with Crippen molar-refractivity contribution in [2.45, 2.75) is 58.5 Å². The van der Waals surface area contributed by atoms with Gasteiger partial charge in [0, 0.05) is 45.7 Å². The van der Waals surface area contributed by atoms with Crippen LogP contribution in [0.2, 0.25) is 0 Å². The summed E-state index contributed by atoms with van der Waals surface area (Å²) in [5.74, 6) is 0.998. The van der Waals surface area contributed by atoms with Crippen LogP contribution in [0.1, 0.15) is 56.6 Å². The van der Waals surface area contributed by atoms with E-state index >= 15 is 0 Å². The normalized spacial score (nSPS) is 19.7. The van der Waals surface area contributed by atoms with Gasteiger partial charge >= 0.3 is 0 Å². The standard InChI is InChI=1S/C22H35N3O/c1-2-24-13-15-25(16-14-24)18-21-10-6-5-9-20(21)17-23-22(26)12-11-19-7-3-4-8-19/h5-6,9-10,19H,2-4,7-8,11-18H2,1H3,(H,23,26). The summed E-state index contributed by atoms with van der Waals surface area (Å²) in [4.78, 5) is 17.3. The summed E-state index contributed by atoms with van der Waals surface area (Å²) >= 11 is 0. The lowest BCUT2D eigenvalue weighted by Crippen LogP contribution is -2.45. The molecule has 1 N–H and O–H groups in total. The lowest BCUT2D eigenvalue weighted by atomic mass is 10.0. The third-order valence-corrected chi connectivity index (χ3v) is 6.15. The lowest BCUT2D eigenvalue weighted by Gasteiger charge is -2.34. The Hall–Kier alpha value is -1.39. The van der Waals surface area contributed by atoms with Crippen LogP contribution in [0, 0.1) is 5.92 Å². The first kappa shape index (κ1) is 19.4. The molecule has 0 atom stereocenters. The topological polar surface area (TPSA) is 35.6 Å². The van der Waals surface area contributed by atoms with E-state index in [0.717, 1.165) is 51.6 Å². The lowest BCUT2D eigenvalue weighted by molar-refractivity contribution is -0.121. The molecule has 1 aliphatic carbocycles. The Morgan fingerprint density at radius 2 is 1.69 bits per heavy atom. The highest BCUT2D eigenvalue weighted by Crippen LogP contribution is 2.28. The smallest absolute Gasteiger partial charge is 0.220 e. The summed E-state index contributed by atoms with van der Waals surface area (Å²) in [6, 6.07) is 8.57. The first-order chi connectivity index (χ1) is 12.7. The first-order valence-electron chi connectivity index (χ1n) is 10.5. The highest BCUT2D eigenvalue weighted by molar-refractivity contribution is 5.75. The van der Waals surface area contributed by atoms with Crippen LogP contribution in [0.4, 0.5) is 0 Å². The number of likely N-dealkylation sites (N-methyl/N-ethyl adjacent to an activating group) is 1. The molecule has 2 aliphatic rings. The van der Waals surface area contributed by atoms with Crippen molar-refractivity contribution in [3.63, 3.8) is 0 Å². The zero-order chi connectivity index (χ0) is 18.2. The fraction of sp³-hybridized carbons (Fsp3) is 0.682. The number of nitrogens with one attached hydrogen (secondary N) is 1. The first-order valence-corrected chi connectivity index (χ1v) is 10.5. The van der Waals surface area contributed by atoms with Crippen LogP contribution in [0.5, 0.6) is 0 Å². The van der Waals surface area contributed by atoms with Gasteiger partial charge in [0.2, 0.25) is 5.91 Å². The number of rotatable bonds is 8. The molecule has 0 radical (unpaired) electrons. The second-order valence-corrected chi connectivity index (χ2v) is 7.95. The molecule has 1 saturated heterocycles. The molecule has 1 amide bonds. The van der Waals surface area contributed by atoms with Crippen LogP contribution in [0.3, 0.4) is 0 Å². The number of hydrogen-bond donors (Lipinski definition) is 1. The van der Waals surface area contributed by atoms with Crippen molar-refractivity contribution in [2.24, 2.45) is 5.92 Å². The molecule has 144 valence electrons. The van der Waals surface area contributed by atoms with Crippen molar-refractivity contribution in [3.05, 3.63) is 35.4 Å². The molecule has 1 saturated carbocycles. The molecular weight excluding hydrogens is 322 g/mol. The molecule has 2 fully saturated rings. The summed E-state index contributed by atoms with van der Waals surface area (Å²) in [7, 11) is 0. The van der Waals surface area contributed by atoms with Gasteiger partial charge in [-0.3, -0.25) is 9.69 Å². The van der Waals surface area contributed by atoms with Crippen molar-refractivity contribution in [3.8, 4) is 0 Å². The Morgan fingerprint density at radius 3 is 2.38 bits per heavy atom. The SMILES string of the molecule is CCN1CCN(Cc2ccccc2CNC(=O)CCC2CCCC2)CC1. The maximum absolute atomic E-state index is 12.2. The van der Waals surface area contributed by atoms with Crippen LogP contribution in [-0.4, -0.2) is 48.4 Å². The predicted molar refractivity (Wildman–Crippen MR) is 107 cm³/mol. The van der Waals surface area contributed by atoms with Gasteiger partial charge in [0.05, 0.1) is 0 Å². The molecular formula is C22H35N3O. The molecule has 4 heteroatoms. The highest BCUT2D eigenvalue weighted by atomic mass is 16.1. The summed E-state index contributed by atoms with van der Waals surface area (Å²) in [6.07, 6.45) is 7.10. The highest BCUT2D eigenvalue weighted by Gasteiger charge is 2.18. The second kappa shape index (κ2) is 10.1. The summed E-state index contributed by atoms with van der Waals surface area (Å²) in [6.45, 7) is 9.64. The molecule has 3 rings (SSSR count). The molecule has 1 aliphatic heterocycles. The van der Waals surface area contributed by atoms with Gasteiger partial charge in [0.1, 0.15) is 0 Å². The van der Waals surface area contributed by atoms with E-state index in [1.54, 1.807) is 0 Å². The molecule has 26 heavy (non-hydrogen) atoms. The van der Waals surface area contributed by atoms with E-state index < -0.39 is 0 Å². The van der Waals surface area contributed by atoms with Gasteiger partial charge in [-0.1, -0.05) is 56.9 Å². The van der Waals surface area contributed by atoms with Crippen molar-refractivity contribution in [2.75, 3.05) is 32.7 Å². The molecule has 4 nitrogen and oxygen atoms in total. The average molecular weight is 358 g/mol. The Bertz CT molecular complexity index is 560. The molecule has 0 unspecified atom stereocenters. The summed E-state index contributed by atoms with van der Waals surface area (Å²) < 4.78 is 0. The molecule has 0 spiro atoms. The third kappa shape index (κ3) is 5.82. The van der Waals surface area contributed by atoms with Gasteiger partial charge in [-0.05, 0) is 30.0 Å². The minimum Gasteiger partial charge on any atom is -0.352 e. The molecule has 0 bridgehead atoms. The Morgan fingerprint density at radius 1 is 1.04 bits per heavy atom. The van der Waals surface area contributed by atoms with Crippen LogP contribution in [0.15, 0.2) is 24.3 Å². The monoisotopic (exact) mass is 357 g/mol. The number of carbonyl (C=O) groups excluding carboxylic acids is 1. The fourth-order valence-corrected chi connectivity index (χ4v) is 4.31. The van der Waals surface area contributed by atoms with Crippen molar-refractivity contribution >= 4 is 5.91 Å². The van der Waals surface area contributed by atoms with Crippen LogP contribution in [0.25, 0.3) is 0 Å². The Labute approximate surface area is 158 Å². The minimum atomic E-state index is 0.211. The number of carbonyl (C=O) groups is 1. The van der Waals surface area contributed by atoms with E-state index in [1.807, 2.05) is 0 Å². The van der Waals surface area contributed by atoms with Gasteiger partial charge in [-0.25, -0.2) is 0 Å². The zero-order valence-corrected chi connectivity index (χ0v) is 16.4. The third-order valence-electron chi connectivity index (χ3n) is 6.15. The molecule has 1 heterocycles. The number of benzene rings is 1. The van der Waals surface area contributed by atoms with Crippen LogP contribution >= 0.6 is 0 Å². The van der Waals surface area contributed by atoms with Crippen molar-refractivity contribution in [1.29, 1.82) is 0 Å². The maximum Gasteiger partial charge on any atom is 0.220 e. The number of amides is 1. The molecule has 1 aromatic carbocycles. The van der Waals surface area contributed by atoms with Gasteiger partial charge in [-0.15, -0.1) is 0 Å². The number of piperazine rings is 1. The summed E-state index contributed by atoms with van der Waals surface area (Å²) in [5.41, 5.74) is 2.62. The number of nitrogens with zero attached hydrogens (tertiary/aromatic N) is 2. The van der Waals surface area contributed by atoms with E-state index in [9.17, 15) is 4.79 Å². The maximum atomic E-state index is 12.2. The van der Waals surface area contributed by atoms with E-state index in [2.05, 4.69) is 46.3 Å². The van der Waals surface area contributed by atoms with Gasteiger partial charge < -0.3 is 10.2 Å². The van der Waals surface area contributed by atoms with E-state index in [1.165, 1.54) is 36.8 Å². The largest absolute Gasteiger partial charge is 0.352 e.